The Morgan fingerprint density at radius 3 is 2.85 bits per heavy atom. The summed E-state index contributed by atoms with van der Waals surface area (Å²) >= 11 is 0. The molecule has 2 amide bonds. The maximum absolute atomic E-state index is 12.0. The second-order valence-electron chi connectivity index (χ2n) is 6.53. The van der Waals surface area contributed by atoms with Crippen molar-refractivity contribution in [1.29, 1.82) is 0 Å². The van der Waals surface area contributed by atoms with Crippen molar-refractivity contribution in [3.63, 3.8) is 0 Å². The summed E-state index contributed by atoms with van der Waals surface area (Å²) in [5, 5.41) is 5.74. The summed E-state index contributed by atoms with van der Waals surface area (Å²) in [5.74, 6) is 1.18. The Hall–Kier alpha value is -2.53. The number of aryl methyl sites for hydroxylation is 1. The molecule has 5 nitrogen and oxygen atoms in total. The maximum Gasteiger partial charge on any atom is 0.319 e. The Morgan fingerprint density at radius 1 is 1.15 bits per heavy atom. The van der Waals surface area contributed by atoms with Gasteiger partial charge < -0.3 is 20.1 Å². The molecule has 0 aliphatic carbocycles. The minimum atomic E-state index is -0.196. The SMILES string of the molecule is O=C(NCC1CCOC1)Nc1cccc(OCCCc2ccccc2)c1. The molecule has 1 heterocycles. The van der Waals surface area contributed by atoms with Gasteiger partial charge in [-0.05, 0) is 37.0 Å². The predicted octanol–water partition coefficient (Wildman–Crippen LogP) is 3.86. The highest BCUT2D eigenvalue weighted by Crippen LogP contribution is 2.18. The Labute approximate surface area is 154 Å². The molecule has 0 saturated carbocycles. The van der Waals surface area contributed by atoms with Crippen LogP contribution in [-0.2, 0) is 11.2 Å². The summed E-state index contributed by atoms with van der Waals surface area (Å²) in [4.78, 5) is 12.0. The first-order chi connectivity index (χ1) is 12.8. The van der Waals surface area contributed by atoms with Crippen molar-refractivity contribution >= 4 is 11.7 Å². The third-order valence-electron chi connectivity index (χ3n) is 4.39. The lowest BCUT2D eigenvalue weighted by atomic mass is 10.1. The quantitative estimate of drug-likeness (QED) is 0.708. The van der Waals surface area contributed by atoms with E-state index in [-0.39, 0.29) is 6.03 Å². The predicted molar refractivity (Wildman–Crippen MR) is 103 cm³/mol. The van der Waals surface area contributed by atoms with Crippen molar-refractivity contribution in [3.05, 3.63) is 60.2 Å². The molecule has 1 aliphatic rings. The highest BCUT2D eigenvalue weighted by atomic mass is 16.5. The van der Waals surface area contributed by atoms with Gasteiger partial charge in [0.25, 0.3) is 0 Å². The van der Waals surface area contributed by atoms with E-state index >= 15 is 0 Å². The van der Waals surface area contributed by atoms with Crippen LogP contribution in [0.25, 0.3) is 0 Å². The Bertz CT molecular complexity index is 685. The molecule has 0 bridgehead atoms. The second kappa shape index (κ2) is 9.82. The standard InChI is InChI=1S/C21H26N2O3/c24-21(22-15-18-11-13-25-16-18)23-19-9-4-10-20(14-19)26-12-5-8-17-6-2-1-3-7-17/h1-4,6-7,9-10,14,18H,5,8,11-13,15-16H2,(H2,22,23,24). The minimum Gasteiger partial charge on any atom is -0.494 e. The summed E-state index contributed by atoms with van der Waals surface area (Å²) in [6.07, 6.45) is 2.95. The molecule has 5 heteroatoms. The minimum absolute atomic E-state index is 0.196. The fourth-order valence-corrected chi connectivity index (χ4v) is 2.93. The molecule has 1 aliphatic heterocycles. The lowest BCUT2D eigenvalue weighted by molar-refractivity contribution is 0.185. The number of hydrogen-bond acceptors (Lipinski definition) is 3. The fraction of sp³-hybridized carbons (Fsp3) is 0.381. The number of amides is 2. The van der Waals surface area contributed by atoms with Crippen LogP contribution in [0.5, 0.6) is 5.75 Å². The fourth-order valence-electron chi connectivity index (χ4n) is 2.93. The van der Waals surface area contributed by atoms with Crippen molar-refractivity contribution in [3.8, 4) is 5.75 Å². The van der Waals surface area contributed by atoms with Crippen LogP contribution < -0.4 is 15.4 Å². The van der Waals surface area contributed by atoms with Crippen LogP contribution in [0.15, 0.2) is 54.6 Å². The number of urea groups is 1. The summed E-state index contributed by atoms with van der Waals surface area (Å²) < 4.78 is 11.1. The molecule has 2 aromatic rings. The monoisotopic (exact) mass is 354 g/mol. The zero-order valence-electron chi connectivity index (χ0n) is 14.9. The normalized spacial score (nSPS) is 16.2. The number of nitrogens with one attached hydrogen (secondary N) is 2. The molecular formula is C21H26N2O3. The molecular weight excluding hydrogens is 328 g/mol. The Morgan fingerprint density at radius 2 is 2.04 bits per heavy atom. The lowest BCUT2D eigenvalue weighted by Gasteiger charge is -2.12. The van der Waals surface area contributed by atoms with E-state index in [4.69, 9.17) is 9.47 Å². The van der Waals surface area contributed by atoms with Crippen molar-refractivity contribution < 1.29 is 14.3 Å². The van der Waals surface area contributed by atoms with E-state index in [2.05, 4.69) is 34.9 Å². The molecule has 2 N–H and O–H groups in total. The van der Waals surface area contributed by atoms with E-state index in [1.807, 2.05) is 30.3 Å². The van der Waals surface area contributed by atoms with Gasteiger partial charge in [0.1, 0.15) is 5.75 Å². The van der Waals surface area contributed by atoms with Crippen molar-refractivity contribution in [1.82, 2.24) is 5.32 Å². The molecule has 26 heavy (non-hydrogen) atoms. The number of rotatable bonds is 8. The van der Waals surface area contributed by atoms with Crippen molar-refractivity contribution in [2.45, 2.75) is 19.3 Å². The van der Waals surface area contributed by atoms with Gasteiger partial charge in [0.2, 0.25) is 0 Å². The first kappa shape index (κ1) is 18.3. The molecule has 1 atom stereocenters. The lowest BCUT2D eigenvalue weighted by Crippen LogP contribution is -2.33. The number of hydrogen-bond donors (Lipinski definition) is 2. The summed E-state index contributed by atoms with van der Waals surface area (Å²) in [5.41, 5.74) is 2.04. The zero-order chi connectivity index (χ0) is 18.0. The molecule has 3 rings (SSSR count). The van der Waals surface area contributed by atoms with Gasteiger partial charge >= 0.3 is 6.03 Å². The van der Waals surface area contributed by atoms with Gasteiger partial charge in [-0.15, -0.1) is 0 Å². The Balaban J connectivity index is 1.38. The van der Waals surface area contributed by atoms with Crippen molar-refractivity contribution in [2.24, 2.45) is 5.92 Å². The van der Waals surface area contributed by atoms with E-state index in [0.717, 1.165) is 43.9 Å². The van der Waals surface area contributed by atoms with Gasteiger partial charge in [-0.25, -0.2) is 4.79 Å². The van der Waals surface area contributed by atoms with E-state index < -0.39 is 0 Å². The van der Waals surface area contributed by atoms with Gasteiger partial charge in [-0.2, -0.15) is 0 Å². The molecule has 0 aromatic heterocycles. The van der Waals surface area contributed by atoms with Gasteiger partial charge in [0.05, 0.1) is 13.2 Å². The number of benzene rings is 2. The number of anilines is 1. The van der Waals surface area contributed by atoms with Crippen LogP contribution in [0.4, 0.5) is 10.5 Å². The maximum atomic E-state index is 12.0. The smallest absolute Gasteiger partial charge is 0.319 e. The average molecular weight is 354 g/mol. The van der Waals surface area contributed by atoms with E-state index in [9.17, 15) is 4.79 Å². The van der Waals surface area contributed by atoms with Crippen molar-refractivity contribution in [2.75, 3.05) is 31.7 Å². The first-order valence-corrected chi connectivity index (χ1v) is 9.19. The van der Waals surface area contributed by atoms with Gasteiger partial charge in [0, 0.05) is 30.8 Å². The summed E-state index contributed by atoms with van der Waals surface area (Å²) in [7, 11) is 0. The second-order valence-corrected chi connectivity index (χ2v) is 6.53. The van der Waals surface area contributed by atoms with Crippen LogP contribution in [0.3, 0.4) is 0 Å². The molecule has 1 saturated heterocycles. The molecule has 1 unspecified atom stereocenters. The Kier molecular flexibility index (Phi) is 6.90. The molecule has 0 spiro atoms. The van der Waals surface area contributed by atoms with E-state index in [1.54, 1.807) is 0 Å². The number of carbonyl (C=O) groups excluding carboxylic acids is 1. The highest BCUT2D eigenvalue weighted by Gasteiger charge is 2.16. The zero-order valence-corrected chi connectivity index (χ0v) is 14.9. The van der Waals surface area contributed by atoms with Gasteiger partial charge in [-0.1, -0.05) is 36.4 Å². The average Bonchev–Trinajstić information content (AvgIpc) is 3.18. The number of ether oxygens (including phenoxy) is 2. The highest BCUT2D eigenvalue weighted by molar-refractivity contribution is 5.89. The molecule has 2 aromatic carbocycles. The van der Waals surface area contributed by atoms with Crippen LogP contribution in [0.2, 0.25) is 0 Å². The topological polar surface area (TPSA) is 59.6 Å². The summed E-state index contributed by atoms with van der Waals surface area (Å²) in [6, 6.07) is 17.7. The van der Waals surface area contributed by atoms with Crippen LogP contribution in [0.1, 0.15) is 18.4 Å². The first-order valence-electron chi connectivity index (χ1n) is 9.19. The molecule has 0 radical (unpaired) electrons. The molecule has 1 fully saturated rings. The van der Waals surface area contributed by atoms with Crippen LogP contribution in [-0.4, -0.2) is 32.4 Å². The number of carbonyl (C=O) groups is 1. The van der Waals surface area contributed by atoms with Gasteiger partial charge in [-0.3, -0.25) is 0 Å². The van der Waals surface area contributed by atoms with Crippen LogP contribution >= 0.6 is 0 Å². The summed E-state index contributed by atoms with van der Waals surface area (Å²) in [6.45, 7) is 2.80. The third kappa shape index (κ3) is 6.08. The van der Waals surface area contributed by atoms with E-state index in [0.29, 0.717) is 19.1 Å². The van der Waals surface area contributed by atoms with Crippen LogP contribution in [0, 0.1) is 5.92 Å². The van der Waals surface area contributed by atoms with Gasteiger partial charge in [0.15, 0.2) is 0 Å². The van der Waals surface area contributed by atoms with E-state index in [1.165, 1.54) is 5.56 Å². The molecule has 138 valence electrons. The third-order valence-corrected chi connectivity index (χ3v) is 4.39. The largest absolute Gasteiger partial charge is 0.494 e.